The van der Waals surface area contributed by atoms with Crippen molar-refractivity contribution < 1.29 is 9.59 Å². The fourth-order valence-corrected chi connectivity index (χ4v) is 3.61. The van der Waals surface area contributed by atoms with E-state index in [1.54, 1.807) is 23.3 Å². The van der Waals surface area contributed by atoms with Gasteiger partial charge in [-0.15, -0.1) is 0 Å². The lowest BCUT2D eigenvalue weighted by molar-refractivity contribution is -0.137. The van der Waals surface area contributed by atoms with E-state index < -0.39 is 5.54 Å². The van der Waals surface area contributed by atoms with Gasteiger partial charge in [-0.3, -0.25) is 9.59 Å². The van der Waals surface area contributed by atoms with Gasteiger partial charge in [0.25, 0.3) is 0 Å². The average molecular weight is 339 g/mol. The molecule has 1 aromatic carbocycles. The molecular formula is C18H21N5O2. The number of aromatic nitrogens is 2. The Labute approximate surface area is 146 Å². The molecule has 4 rings (SSSR count). The van der Waals surface area contributed by atoms with Gasteiger partial charge in [-0.2, -0.15) is 0 Å². The third kappa shape index (κ3) is 2.65. The van der Waals surface area contributed by atoms with Gasteiger partial charge < -0.3 is 20.1 Å². The van der Waals surface area contributed by atoms with Gasteiger partial charge in [-0.1, -0.05) is 12.1 Å². The molecular weight excluding hydrogens is 318 g/mol. The van der Waals surface area contributed by atoms with Crippen LogP contribution in [0.2, 0.25) is 0 Å². The second-order valence-electron chi connectivity index (χ2n) is 6.72. The van der Waals surface area contributed by atoms with Crippen LogP contribution in [0.3, 0.4) is 0 Å². The Morgan fingerprint density at radius 3 is 2.64 bits per heavy atom. The summed E-state index contributed by atoms with van der Waals surface area (Å²) in [5.74, 6) is 0.0467. The molecule has 0 bridgehead atoms. The molecule has 0 unspecified atom stereocenters. The van der Waals surface area contributed by atoms with Crippen molar-refractivity contribution in [2.45, 2.75) is 31.3 Å². The zero-order valence-electron chi connectivity index (χ0n) is 14.1. The first kappa shape index (κ1) is 15.7. The molecule has 0 aliphatic carbocycles. The number of hydrogen-bond acceptors (Lipinski definition) is 4. The quantitative estimate of drug-likeness (QED) is 0.875. The van der Waals surface area contributed by atoms with Crippen molar-refractivity contribution in [2.75, 3.05) is 23.7 Å². The van der Waals surface area contributed by atoms with Gasteiger partial charge in [0, 0.05) is 25.5 Å². The number of benzene rings is 1. The molecule has 1 atom stereocenters. The van der Waals surface area contributed by atoms with E-state index >= 15 is 0 Å². The van der Waals surface area contributed by atoms with Crippen LogP contribution in [0.1, 0.15) is 25.8 Å². The first-order valence-corrected chi connectivity index (χ1v) is 8.54. The van der Waals surface area contributed by atoms with Crippen molar-refractivity contribution >= 4 is 23.2 Å². The van der Waals surface area contributed by atoms with Crippen LogP contribution in [0.5, 0.6) is 0 Å². The summed E-state index contributed by atoms with van der Waals surface area (Å²) in [4.78, 5) is 31.2. The summed E-state index contributed by atoms with van der Waals surface area (Å²) in [6.07, 6.45) is 6.30. The standard InChI is InChI=1S/C18H21N5O2/c1-13(23-11-8-19-12-23)16(24)22-9-6-18(7-10-22)17(25)20-14-4-2-3-5-15(14)21-18/h2-5,8,11-13,21H,6-7,9-10H2,1H3,(H,20,25)/t13-/m1/s1. The van der Waals surface area contributed by atoms with Gasteiger partial charge >= 0.3 is 0 Å². The zero-order chi connectivity index (χ0) is 17.4. The van der Waals surface area contributed by atoms with Crippen LogP contribution < -0.4 is 10.6 Å². The summed E-state index contributed by atoms with van der Waals surface area (Å²) in [5.41, 5.74) is 1.11. The highest BCUT2D eigenvalue weighted by molar-refractivity contribution is 6.06. The topological polar surface area (TPSA) is 79.3 Å². The molecule has 3 heterocycles. The van der Waals surface area contributed by atoms with Crippen molar-refractivity contribution in [3.63, 3.8) is 0 Å². The number of nitrogens with zero attached hydrogens (tertiary/aromatic N) is 3. The van der Waals surface area contributed by atoms with E-state index in [0.29, 0.717) is 25.9 Å². The van der Waals surface area contributed by atoms with Gasteiger partial charge in [0.2, 0.25) is 11.8 Å². The molecule has 1 saturated heterocycles. The number of anilines is 2. The second kappa shape index (κ2) is 5.91. The van der Waals surface area contributed by atoms with Gasteiger partial charge in [0.05, 0.1) is 17.7 Å². The SMILES string of the molecule is C[C@H](C(=O)N1CCC2(CC1)Nc1ccccc1NC2=O)n1ccnc1. The zero-order valence-corrected chi connectivity index (χ0v) is 14.1. The number of nitrogens with one attached hydrogen (secondary N) is 2. The lowest BCUT2D eigenvalue weighted by Crippen LogP contribution is -2.59. The summed E-state index contributed by atoms with van der Waals surface area (Å²) in [5, 5.41) is 6.41. The largest absolute Gasteiger partial charge is 0.369 e. The molecule has 2 N–H and O–H groups in total. The number of imidazole rings is 1. The van der Waals surface area contributed by atoms with Crippen LogP contribution in [-0.4, -0.2) is 44.9 Å². The molecule has 7 nitrogen and oxygen atoms in total. The van der Waals surface area contributed by atoms with Crippen molar-refractivity contribution in [1.82, 2.24) is 14.5 Å². The van der Waals surface area contributed by atoms with Crippen LogP contribution in [0, 0.1) is 0 Å². The normalized spacial score (nSPS) is 19.7. The van der Waals surface area contributed by atoms with Crippen LogP contribution in [0.25, 0.3) is 0 Å². The number of para-hydroxylation sites is 2. The number of amides is 2. The average Bonchev–Trinajstić information content (AvgIpc) is 3.17. The molecule has 2 aliphatic rings. The van der Waals surface area contributed by atoms with Crippen molar-refractivity contribution in [2.24, 2.45) is 0 Å². The Bertz CT molecular complexity index is 794. The lowest BCUT2D eigenvalue weighted by Gasteiger charge is -2.44. The van der Waals surface area contributed by atoms with Crippen molar-refractivity contribution in [1.29, 1.82) is 0 Å². The van der Waals surface area contributed by atoms with E-state index in [1.807, 2.05) is 36.1 Å². The maximum atomic E-state index is 12.7. The monoisotopic (exact) mass is 339 g/mol. The first-order valence-electron chi connectivity index (χ1n) is 8.54. The molecule has 2 aromatic rings. The third-order valence-corrected chi connectivity index (χ3v) is 5.24. The first-order chi connectivity index (χ1) is 12.1. The predicted molar refractivity (Wildman–Crippen MR) is 94.2 cm³/mol. The van der Waals surface area contributed by atoms with Crippen LogP contribution >= 0.6 is 0 Å². The van der Waals surface area contributed by atoms with E-state index in [1.165, 1.54) is 0 Å². The number of carbonyl (C=O) groups is 2. The Morgan fingerprint density at radius 1 is 1.24 bits per heavy atom. The van der Waals surface area contributed by atoms with E-state index in [4.69, 9.17) is 0 Å². The van der Waals surface area contributed by atoms with Crippen LogP contribution in [0.4, 0.5) is 11.4 Å². The Morgan fingerprint density at radius 2 is 1.96 bits per heavy atom. The number of rotatable bonds is 2. The smallest absolute Gasteiger partial charge is 0.250 e. The predicted octanol–water partition coefficient (Wildman–Crippen LogP) is 1.87. The summed E-state index contributed by atoms with van der Waals surface area (Å²) < 4.78 is 1.80. The van der Waals surface area contributed by atoms with Gasteiger partial charge in [-0.25, -0.2) is 4.98 Å². The minimum atomic E-state index is -0.636. The van der Waals surface area contributed by atoms with E-state index in [-0.39, 0.29) is 17.9 Å². The van der Waals surface area contributed by atoms with Crippen molar-refractivity contribution in [3.05, 3.63) is 43.0 Å². The Hall–Kier alpha value is -2.83. The highest BCUT2D eigenvalue weighted by atomic mass is 16.2. The van der Waals surface area contributed by atoms with Gasteiger partial charge in [0.15, 0.2) is 0 Å². The number of hydrogen-bond donors (Lipinski definition) is 2. The fraction of sp³-hybridized carbons (Fsp3) is 0.389. The maximum absolute atomic E-state index is 12.7. The van der Waals surface area contributed by atoms with E-state index in [9.17, 15) is 9.59 Å². The van der Waals surface area contributed by atoms with E-state index in [2.05, 4.69) is 15.6 Å². The molecule has 0 radical (unpaired) electrons. The molecule has 2 aliphatic heterocycles. The number of piperidine rings is 1. The van der Waals surface area contributed by atoms with Gasteiger partial charge in [0.1, 0.15) is 11.6 Å². The van der Waals surface area contributed by atoms with E-state index in [0.717, 1.165) is 11.4 Å². The van der Waals surface area contributed by atoms with Crippen LogP contribution in [0.15, 0.2) is 43.0 Å². The number of fused-ring (bicyclic) bond motifs is 1. The third-order valence-electron chi connectivity index (χ3n) is 5.24. The number of likely N-dealkylation sites (tertiary alicyclic amines) is 1. The molecule has 1 aromatic heterocycles. The lowest BCUT2D eigenvalue weighted by atomic mass is 9.84. The fourth-order valence-electron chi connectivity index (χ4n) is 3.61. The Kier molecular flexibility index (Phi) is 3.71. The minimum absolute atomic E-state index is 0.0130. The van der Waals surface area contributed by atoms with Gasteiger partial charge in [-0.05, 0) is 31.9 Å². The summed E-state index contributed by atoms with van der Waals surface area (Å²) in [7, 11) is 0. The molecule has 2 amide bonds. The van der Waals surface area contributed by atoms with Crippen molar-refractivity contribution in [3.8, 4) is 0 Å². The molecule has 1 fully saturated rings. The molecule has 130 valence electrons. The highest BCUT2D eigenvalue weighted by Crippen LogP contribution is 2.36. The highest BCUT2D eigenvalue weighted by Gasteiger charge is 2.45. The van der Waals surface area contributed by atoms with Crippen LogP contribution in [-0.2, 0) is 9.59 Å². The minimum Gasteiger partial charge on any atom is -0.369 e. The molecule has 25 heavy (non-hydrogen) atoms. The maximum Gasteiger partial charge on any atom is 0.250 e. The molecule has 0 saturated carbocycles. The molecule has 1 spiro atoms. The summed E-state index contributed by atoms with van der Waals surface area (Å²) in [6, 6.07) is 7.42. The Balaban J connectivity index is 1.46. The molecule has 7 heteroatoms. The number of carbonyl (C=O) groups excluding carboxylic acids is 2. The summed E-state index contributed by atoms with van der Waals surface area (Å²) in [6.45, 7) is 2.98. The second-order valence-corrected chi connectivity index (χ2v) is 6.72. The summed E-state index contributed by atoms with van der Waals surface area (Å²) >= 11 is 0.